The molecule has 1 N–H and O–H groups in total. The highest BCUT2D eigenvalue weighted by molar-refractivity contribution is 7.99. The second-order valence-electron chi connectivity index (χ2n) is 8.23. The fourth-order valence-electron chi connectivity index (χ4n) is 3.87. The Morgan fingerprint density at radius 2 is 1.58 bits per heavy atom. The average Bonchev–Trinajstić information content (AvgIpc) is 3.51. The molecule has 0 amide bonds. The Bertz CT molecular complexity index is 1120. The van der Waals surface area contributed by atoms with Crippen LogP contribution in [0.1, 0.15) is 11.8 Å². The van der Waals surface area contributed by atoms with E-state index >= 15 is 0 Å². The van der Waals surface area contributed by atoms with Crippen LogP contribution in [-0.2, 0) is 4.74 Å². The standard InChI is InChI=1S/C27H27N3O2S/c1-30(2)22-15-13-21(14-16-22)26-28-17-23(31-26)18-33-27-29-24(19-9-5-3-6-10-19)25(32-27)20-11-7-4-8-12-20/h3-16,23,26,28H,17-18H2,1-2H3. The molecule has 1 saturated heterocycles. The van der Waals surface area contributed by atoms with Crippen LogP contribution in [-0.4, -0.2) is 37.5 Å². The number of aromatic nitrogens is 1. The van der Waals surface area contributed by atoms with Crippen LogP contribution < -0.4 is 10.2 Å². The molecule has 0 radical (unpaired) electrons. The van der Waals surface area contributed by atoms with E-state index in [1.54, 1.807) is 11.8 Å². The lowest BCUT2D eigenvalue weighted by Gasteiger charge is -2.16. The maximum absolute atomic E-state index is 6.26. The molecule has 0 bridgehead atoms. The molecule has 2 unspecified atom stereocenters. The molecule has 1 aromatic heterocycles. The third kappa shape index (κ3) is 4.98. The summed E-state index contributed by atoms with van der Waals surface area (Å²) in [5.74, 6) is 1.57. The number of anilines is 1. The topological polar surface area (TPSA) is 50.5 Å². The van der Waals surface area contributed by atoms with Crippen molar-refractivity contribution in [2.24, 2.45) is 0 Å². The van der Waals surface area contributed by atoms with E-state index in [9.17, 15) is 0 Å². The Hall–Kier alpha value is -3.06. The van der Waals surface area contributed by atoms with Gasteiger partial charge in [-0.15, -0.1) is 0 Å². The second kappa shape index (κ2) is 9.83. The molecular weight excluding hydrogens is 430 g/mol. The number of ether oxygens (including phenoxy) is 1. The van der Waals surface area contributed by atoms with Gasteiger partial charge in [0.05, 0.1) is 6.10 Å². The highest BCUT2D eigenvalue weighted by atomic mass is 32.2. The Balaban J connectivity index is 1.28. The van der Waals surface area contributed by atoms with Crippen molar-refractivity contribution in [3.05, 3.63) is 90.5 Å². The van der Waals surface area contributed by atoms with Gasteiger partial charge < -0.3 is 14.1 Å². The zero-order chi connectivity index (χ0) is 22.6. The van der Waals surface area contributed by atoms with E-state index < -0.39 is 0 Å². The molecule has 33 heavy (non-hydrogen) atoms. The van der Waals surface area contributed by atoms with E-state index in [1.165, 1.54) is 5.69 Å². The molecule has 0 spiro atoms. The minimum absolute atomic E-state index is 0.0841. The summed E-state index contributed by atoms with van der Waals surface area (Å²) < 4.78 is 12.5. The SMILES string of the molecule is CN(C)c1ccc(C2NCC(CSc3nc(-c4ccccc4)c(-c4ccccc4)o3)O2)cc1. The first kappa shape index (κ1) is 21.8. The Kier molecular flexibility index (Phi) is 6.48. The summed E-state index contributed by atoms with van der Waals surface area (Å²) in [7, 11) is 4.09. The third-order valence-electron chi connectivity index (χ3n) is 5.66. The molecule has 6 heteroatoms. The van der Waals surface area contributed by atoms with Crippen molar-refractivity contribution in [2.45, 2.75) is 17.6 Å². The van der Waals surface area contributed by atoms with E-state index in [0.717, 1.165) is 40.4 Å². The van der Waals surface area contributed by atoms with Crippen molar-refractivity contribution in [3.8, 4) is 22.6 Å². The van der Waals surface area contributed by atoms with Gasteiger partial charge in [0, 0.05) is 43.2 Å². The number of nitrogens with zero attached hydrogens (tertiary/aromatic N) is 2. The van der Waals surface area contributed by atoms with Crippen molar-refractivity contribution in [1.82, 2.24) is 10.3 Å². The van der Waals surface area contributed by atoms with E-state index in [1.807, 2.05) is 50.5 Å². The van der Waals surface area contributed by atoms with Crippen LogP contribution >= 0.6 is 11.8 Å². The van der Waals surface area contributed by atoms with Crippen LogP contribution in [0.5, 0.6) is 0 Å². The molecule has 0 saturated carbocycles. The van der Waals surface area contributed by atoms with Gasteiger partial charge in [0.1, 0.15) is 11.9 Å². The van der Waals surface area contributed by atoms with Crippen LogP contribution in [0.2, 0.25) is 0 Å². The predicted molar refractivity (Wildman–Crippen MR) is 134 cm³/mol. The lowest BCUT2D eigenvalue weighted by atomic mass is 10.1. The van der Waals surface area contributed by atoms with Crippen molar-refractivity contribution in [2.75, 3.05) is 31.3 Å². The number of nitrogens with one attached hydrogen (secondary N) is 1. The summed E-state index contributed by atoms with van der Waals surface area (Å²) in [4.78, 5) is 6.93. The van der Waals surface area contributed by atoms with Crippen LogP contribution in [0, 0.1) is 0 Å². The molecule has 1 aliphatic heterocycles. The van der Waals surface area contributed by atoms with Crippen LogP contribution in [0.25, 0.3) is 22.6 Å². The van der Waals surface area contributed by atoms with E-state index in [-0.39, 0.29) is 12.3 Å². The maximum Gasteiger partial charge on any atom is 0.256 e. The Labute approximate surface area is 198 Å². The minimum atomic E-state index is -0.0869. The number of hydrogen-bond donors (Lipinski definition) is 1. The number of oxazole rings is 1. The van der Waals surface area contributed by atoms with Crippen molar-refractivity contribution < 1.29 is 9.15 Å². The fourth-order valence-corrected chi connectivity index (χ4v) is 4.70. The normalized spacial score (nSPS) is 17.9. The van der Waals surface area contributed by atoms with Gasteiger partial charge in [-0.1, -0.05) is 84.6 Å². The first-order chi connectivity index (χ1) is 16.2. The maximum atomic E-state index is 6.26. The van der Waals surface area contributed by atoms with E-state index in [0.29, 0.717) is 5.22 Å². The smallest absolute Gasteiger partial charge is 0.256 e. The third-order valence-corrected chi connectivity index (χ3v) is 6.62. The minimum Gasteiger partial charge on any atom is -0.431 e. The van der Waals surface area contributed by atoms with Gasteiger partial charge >= 0.3 is 0 Å². The molecule has 1 fully saturated rings. The number of hydrogen-bond acceptors (Lipinski definition) is 6. The quantitative estimate of drug-likeness (QED) is 0.351. The Morgan fingerprint density at radius 1 is 0.909 bits per heavy atom. The lowest BCUT2D eigenvalue weighted by Crippen LogP contribution is -2.16. The highest BCUT2D eigenvalue weighted by Crippen LogP contribution is 2.36. The molecular formula is C27H27N3O2S. The summed E-state index contributed by atoms with van der Waals surface area (Å²) in [6, 6.07) is 28.8. The van der Waals surface area contributed by atoms with Crippen LogP contribution in [0.15, 0.2) is 94.6 Å². The Morgan fingerprint density at radius 3 is 2.24 bits per heavy atom. The monoisotopic (exact) mass is 457 g/mol. The number of benzene rings is 3. The van der Waals surface area contributed by atoms with E-state index in [2.05, 4.69) is 58.7 Å². The van der Waals surface area contributed by atoms with Gasteiger partial charge in [-0.3, -0.25) is 5.32 Å². The van der Waals surface area contributed by atoms with Gasteiger partial charge in [0.15, 0.2) is 5.76 Å². The van der Waals surface area contributed by atoms with Crippen molar-refractivity contribution in [1.29, 1.82) is 0 Å². The average molecular weight is 458 g/mol. The molecule has 3 aromatic carbocycles. The molecule has 5 nitrogen and oxygen atoms in total. The summed E-state index contributed by atoms with van der Waals surface area (Å²) in [5, 5.41) is 4.14. The first-order valence-electron chi connectivity index (χ1n) is 11.1. The molecule has 168 valence electrons. The first-order valence-corrected chi connectivity index (χ1v) is 12.1. The molecule has 0 aliphatic carbocycles. The zero-order valence-electron chi connectivity index (χ0n) is 18.8. The van der Waals surface area contributed by atoms with Gasteiger partial charge in [-0.25, -0.2) is 4.98 Å². The number of rotatable bonds is 7. The summed E-state index contributed by atoms with van der Waals surface area (Å²) in [5.41, 5.74) is 5.26. The van der Waals surface area contributed by atoms with Gasteiger partial charge in [0.25, 0.3) is 5.22 Å². The van der Waals surface area contributed by atoms with Crippen molar-refractivity contribution in [3.63, 3.8) is 0 Å². The molecule has 2 atom stereocenters. The lowest BCUT2D eigenvalue weighted by molar-refractivity contribution is 0.0534. The summed E-state index contributed by atoms with van der Waals surface area (Å²) in [6.07, 6.45) is -0.00286. The summed E-state index contributed by atoms with van der Waals surface area (Å²) >= 11 is 1.60. The zero-order valence-corrected chi connectivity index (χ0v) is 19.6. The van der Waals surface area contributed by atoms with Gasteiger partial charge in [0.2, 0.25) is 0 Å². The fraction of sp³-hybridized carbons (Fsp3) is 0.222. The predicted octanol–water partition coefficient (Wildman–Crippen LogP) is 5.85. The second-order valence-corrected chi connectivity index (χ2v) is 9.20. The molecule has 2 heterocycles. The number of thioether (sulfide) groups is 1. The molecule has 5 rings (SSSR count). The summed E-state index contributed by atoms with van der Waals surface area (Å²) in [6.45, 7) is 0.797. The largest absolute Gasteiger partial charge is 0.431 e. The van der Waals surface area contributed by atoms with Crippen molar-refractivity contribution >= 4 is 17.4 Å². The van der Waals surface area contributed by atoms with Gasteiger partial charge in [-0.2, -0.15) is 0 Å². The van der Waals surface area contributed by atoms with E-state index in [4.69, 9.17) is 14.1 Å². The van der Waals surface area contributed by atoms with Crippen LogP contribution in [0.3, 0.4) is 0 Å². The molecule has 4 aromatic rings. The van der Waals surface area contributed by atoms with Crippen LogP contribution in [0.4, 0.5) is 5.69 Å². The molecule has 1 aliphatic rings. The highest BCUT2D eigenvalue weighted by Gasteiger charge is 2.27. The van der Waals surface area contributed by atoms with Gasteiger partial charge in [-0.05, 0) is 17.7 Å².